The molecule has 0 aliphatic heterocycles. The van der Waals surface area contributed by atoms with Gasteiger partial charge in [-0.15, -0.1) is 0 Å². The normalized spacial score (nSPS) is 12.3. The van der Waals surface area contributed by atoms with Gasteiger partial charge in [-0.3, -0.25) is 4.79 Å². The van der Waals surface area contributed by atoms with E-state index in [0.717, 1.165) is 11.4 Å². The van der Waals surface area contributed by atoms with Gasteiger partial charge in [0.15, 0.2) is 0 Å². The second kappa shape index (κ2) is 6.25. The summed E-state index contributed by atoms with van der Waals surface area (Å²) < 4.78 is 5.51. The highest BCUT2D eigenvalue weighted by atomic mass is 16.5. The maximum Gasteiger partial charge on any atom is 0.225 e. The molecule has 0 saturated carbocycles. The molecule has 1 amide bonds. The molecule has 1 aromatic carbocycles. The zero-order chi connectivity index (χ0) is 12.8. The molecule has 0 heterocycles. The fourth-order valence-electron chi connectivity index (χ4n) is 1.39. The van der Waals surface area contributed by atoms with E-state index in [2.05, 4.69) is 5.32 Å². The van der Waals surface area contributed by atoms with Gasteiger partial charge >= 0.3 is 0 Å². The minimum absolute atomic E-state index is 0.0717. The van der Waals surface area contributed by atoms with E-state index in [0.29, 0.717) is 6.42 Å². The highest BCUT2D eigenvalue weighted by Crippen LogP contribution is 2.17. The van der Waals surface area contributed by atoms with Crippen LogP contribution in [-0.4, -0.2) is 18.1 Å². The standard InChI is InChI=1S/C13H20N2O2/c1-9(2)17-12-6-4-11(5-7-12)15-13(16)8-10(3)14/h4-7,9-10H,8,14H2,1-3H3,(H,15,16). The zero-order valence-corrected chi connectivity index (χ0v) is 10.6. The van der Waals surface area contributed by atoms with Crippen molar-refractivity contribution in [2.24, 2.45) is 5.73 Å². The molecule has 0 aliphatic rings. The van der Waals surface area contributed by atoms with Gasteiger partial charge in [-0.1, -0.05) is 0 Å². The molecule has 1 aromatic rings. The van der Waals surface area contributed by atoms with Gasteiger partial charge in [0.05, 0.1) is 6.10 Å². The van der Waals surface area contributed by atoms with Crippen LogP contribution in [0.4, 0.5) is 5.69 Å². The molecule has 94 valence electrons. The van der Waals surface area contributed by atoms with Crippen molar-refractivity contribution in [2.45, 2.75) is 39.3 Å². The van der Waals surface area contributed by atoms with E-state index in [1.54, 1.807) is 6.92 Å². The second-order valence-electron chi connectivity index (χ2n) is 4.42. The summed E-state index contributed by atoms with van der Waals surface area (Å²) in [7, 11) is 0. The van der Waals surface area contributed by atoms with Crippen LogP contribution in [0.3, 0.4) is 0 Å². The summed E-state index contributed by atoms with van der Waals surface area (Å²) in [6.45, 7) is 5.75. The van der Waals surface area contributed by atoms with Gasteiger partial charge in [-0.2, -0.15) is 0 Å². The first-order valence-electron chi connectivity index (χ1n) is 5.79. The third-order valence-electron chi connectivity index (χ3n) is 2.02. The maximum atomic E-state index is 11.5. The molecular formula is C13H20N2O2. The second-order valence-corrected chi connectivity index (χ2v) is 4.42. The Kier molecular flexibility index (Phi) is 4.97. The molecular weight excluding hydrogens is 216 g/mol. The van der Waals surface area contributed by atoms with Crippen molar-refractivity contribution >= 4 is 11.6 Å². The Balaban J connectivity index is 2.53. The van der Waals surface area contributed by atoms with Crippen molar-refractivity contribution < 1.29 is 9.53 Å². The molecule has 3 N–H and O–H groups in total. The molecule has 1 atom stereocenters. The highest BCUT2D eigenvalue weighted by molar-refractivity contribution is 5.91. The van der Waals surface area contributed by atoms with E-state index >= 15 is 0 Å². The molecule has 17 heavy (non-hydrogen) atoms. The molecule has 1 rings (SSSR count). The lowest BCUT2D eigenvalue weighted by molar-refractivity contribution is -0.116. The third kappa shape index (κ3) is 5.36. The Hall–Kier alpha value is -1.55. The van der Waals surface area contributed by atoms with Crippen molar-refractivity contribution in [3.63, 3.8) is 0 Å². The van der Waals surface area contributed by atoms with Gasteiger partial charge in [0, 0.05) is 18.2 Å². The Bertz CT molecular complexity index is 358. The number of hydrogen-bond donors (Lipinski definition) is 2. The summed E-state index contributed by atoms with van der Waals surface area (Å²) in [5.74, 6) is 0.725. The number of amides is 1. The Morgan fingerprint density at radius 1 is 1.29 bits per heavy atom. The number of carbonyl (C=O) groups is 1. The predicted molar refractivity (Wildman–Crippen MR) is 69.1 cm³/mol. The lowest BCUT2D eigenvalue weighted by Gasteiger charge is -2.11. The van der Waals surface area contributed by atoms with E-state index in [4.69, 9.17) is 10.5 Å². The summed E-state index contributed by atoms with van der Waals surface area (Å²) in [6, 6.07) is 7.18. The van der Waals surface area contributed by atoms with Crippen LogP contribution < -0.4 is 15.8 Å². The predicted octanol–water partition coefficient (Wildman–Crippen LogP) is 2.15. The van der Waals surface area contributed by atoms with Crippen LogP contribution in [0.1, 0.15) is 27.2 Å². The zero-order valence-electron chi connectivity index (χ0n) is 10.6. The Morgan fingerprint density at radius 2 is 1.88 bits per heavy atom. The molecule has 0 radical (unpaired) electrons. The molecule has 1 unspecified atom stereocenters. The molecule has 0 aliphatic carbocycles. The summed E-state index contributed by atoms with van der Waals surface area (Å²) in [6.07, 6.45) is 0.470. The van der Waals surface area contributed by atoms with Crippen LogP contribution in [0.25, 0.3) is 0 Å². The average molecular weight is 236 g/mol. The van der Waals surface area contributed by atoms with Gasteiger partial charge in [-0.05, 0) is 45.0 Å². The van der Waals surface area contributed by atoms with E-state index < -0.39 is 0 Å². The minimum atomic E-state index is -0.126. The van der Waals surface area contributed by atoms with Crippen LogP contribution in [0.2, 0.25) is 0 Å². The van der Waals surface area contributed by atoms with Crippen LogP contribution in [0.5, 0.6) is 5.75 Å². The number of ether oxygens (including phenoxy) is 1. The van der Waals surface area contributed by atoms with Crippen LogP contribution >= 0.6 is 0 Å². The Morgan fingerprint density at radius 3 is 2.35 bits per heavy atom. The van der Waals surface area contributed by atoms with Gasteiger partial charge in [0.1, 0.15) is 5.75 Å². The van der Waals surface area contributed by atoms with Crippen molar-refractivity contribution in [1.29, 1.82) is 0 Å². The van der Waals surface area contributed by atoms with Crippen molar-refractivity contribution in [2.75, 3.05) is 5.32 Å². The molecule has 0 fully saturated rings. The maximum absolute atomic E-state index is 11.5. The SMILES string of the molecule is CC(N)CC(=O)Nc1ccc(OC(C)C)cc1. The number of rotatable bonds is 5. The monoisotopic (exact) mass is 236 g/mol. The fourth-order valence-corrected chi connectivity index (χ4v) is 1.39. The first-order valence-corrected chi connectivity index (χ1v) is 5.79. The fraction of sp³-hybridized carbons (Fsp3) is 0.462. The average Bonchev–Trinajstić information content (AvgIpc) is 2.18. The van der Waals surface area contributed by atoms with Gasteiger partial charge in [-0.25, -0.2) is 0 Å². The van der Waals surface area contributed by atoms with Gasteiger partial charge < -0.3 is 15.8 Å². The topological polar surface area (TPSA) is 64.4 Å². The number of hydrogen-bond acceptors (Lipinski definition) is 3. The summed E-state index contributed by atoms with van der Waals surface area (Å²) in [5.41, 5.74) is 6.30. The molecule has 0 bridgehead atoms. The quantitative estimate of drug-likeness (QED) is 0.823. The van der Waals surface area contributed by atoms with E-state index in [9.17, 15) is 4.79 Å². The van der Waals surface area contributed by atoms with Crippen LogP contribution in [0, 0.1) is 0 Å². The number of carbonyl (C=O) groups excluding carboxylic acids is 1. The van der Waals surface area contributed by atoms with E-state index in [1.165, 1.54) is 0 Å². The van der Waals surface area contributed by atoms with Crippen molar-refractivity contribution in [1.82, 2.24) is 0 Å². The summed E-state index contributed by atoms with van der Waals surface area (Å²) >= 11 is 0. The molecule has 0 aromatic heterocycles. The number of nitrogens with two attached hydrogens (primary N) is 1. The number of benzene rings is 1. The molecule has 0 spiro atoms. The lowest BCUT2D eigenvalue weighted by Crippen LogP contribution is -2.23. The largest absolute Gasteiger partial charge is 0.491 e. The highest BCUT2D eigenvalue weighted by Gasteiger charge is 2.05. The lowest BCUT2D eigenvalue weighted by atomic mass is 10.2. The van der Waals surface area contributed by atoms with Crippen LogP contribution in [-0.2, 0) is 4.79 Å². The molecule has 4 heteroatoms. The number of nitrogens with one attached hydrogen (secondary N) is 1. The minimum Gasteiger partial charge on any atom is -0.491 e. The molecule has 0 saturated heterocycles. The van der Waals surface area contributed by atoms with Gasteiger partial charge in [0.25, 0.3) is 0 Å². The summed E-state index contributed by atoms with van der Waals surface area (Å²) in [4.78, 5) is 11.5. The first kappa shape index (κ1) is 13.5. The number of anilines is 1. The molecule has 4 nitrogen and oxygen atoms in total. The summed E-state index contributed by atoms with van der Waals surface area (Å²) in [5, 5.41) is 2.78. The van der Waals surface area contributed by atoms with E-state index in [1.807, 2.05) is 38.1 Å². The van der Waals surface area contributed by atoms with Gasteiger partial charge in [0.2, 0.25) is 5.91 Å². The Labute approximate surface area is 102 Å². The first-order chi connectivity index (χ1) is 7.97. The van der Waals surface area contributed by atoms with E-state index in [-0.39, 0.29) is 18.1 Å². The van der Waals surface area contributed by atoms with Crippen molar-refractivity contribution in [3.05, 3.63) is 24.3 Å². The van der Waals surface area contributed by atoms with Crippen molar-refractivity contribution in [3.8, 4) is 5.75 Å². The third-order valence-corrected chi connectivity index (χ3v) is 2.02. The van der Waals surface area contributed by atoms with Crippen LogP contribution in [0.15, 0.2) is 24.3 Å². The smallest absolute Gasteiger partial charge is 0.225 e.